The lowest BCUT2D eigenvalue weighted by atomic mass is 9.94. The van der Waals surface area contributed by atoms with E-state index < -0.39 is 12.0 Å². The Hall–Kier alpha value is -2.47. The van der Waals surface area contributed by atoms with E-state index in [4.69, 9.17) is 4.98 Å². The van der Waals surface area contributed by atoms with Gasteiger partial charge in [-0.15, -0.1) is 0 Å². The average Bonchev–Trinajstić information content (AvgIpc) is 2.64. The molecule has 0 saturated carbocycles. The second kappa shape index (κ2) is 8.05. The van der Waals surface area contributed by atoms with E-state index in [1.54, 1.807) is 0 Å². The average molecular weight is 369 g/mol. The zero-order valence-corrected chi connectivity index (χ0v) is 16.2. The number of carbonyl (C=O) groups is 2. The van der Waals surface area contributed by atoms with Crippen LogP contribution in [0.3, 0.4) is 0 Å². The number of hydrogen-bond acceptors (Lipinski definition) is 4. The normalized spacial score (nSPS) is 15.6. The number of nitrogens with zero attached hydrogens (tertiary/aromatic N) is 2. The van der Waals surface area contributed by atoms with Crippen molar-refractivity contribution in [3.05, 3.63) is 41.1 Å². The quantitative estimate of drug-likeness (QED) is 0.818. The summed E-state index contributed by atoms with van der Waals surface area (Å²) >= 11 is 0. The lowest BCUT2D eigenvalue weighted by Crippen LogP contribution is -2.42. The number of para-hydroxylation sites is 1. The van der Waals surface area contributed by atoms with Crippen LogP contribution in [0.5, 0.6) is 0 Å². The first kappa shape index (κ1) is 19.3. The number of aliphatic carboxylic acids is 1. The number of carbonyl (C=O) groups excluding carboxylic acids is 1. The molecule has 0 bridgehead atoms. The summed E-state index contributed by atoms with van der Waals surface area (Å²) in [4.78, 5) is 31.9. The van der Waals surface area contributed by atoms with Gasteiger partial charge in [0.1, 0.15) is 6.04 Å². The number of nitrogens with one attached hydrogen (secondary N) is 1. The van der Waals surface area contributed by atoms with Crippen LogP contribution in [0.25, 0.3) is 10.9 Å². The number of carboxylic acid groups (broad SMARTS) is 1. The van der Waals surface area contributed by atoms with Crippen LogP contribution in [0.1, 0.15) is 48.8 Å². The number of benzene rings is 1. The van der Waals surface area contributed by atoms with Crippen LogP contribution in [0, 0.1) is 5.92 Å². The number of aromatic nitrogens is 1. The Morgan fingerprint density at radius 1 is 1.30 bits per heavy atom. The highest BCUT2D eigenvalue weighted by Gasteiger charge is 2.28. The summed E-state index contributed by atoms with van der Waals surface area (Å²) in [6, 6.07) is 6.69. The van der Waals surface area contributed by atoms with Crippen molar-refractivity contribution < 1.29 is 14.7 Å². The Morgan fingerprint density at radius 2 is 2.04 bits per heavy atom. The number of rotatable bonds is 6. The molecule has 1 aromatic heterocycles. The summed E-state index contributed by atoms with van der Waals surface area (Å²) < 4.78 is 0. The van der Waals surface area contributed by atoms with Crippen molar-refractivity contribution in [2.45, 2.75) is 46.2 Å². The van der Waals surface area contributed by atoms with Gasteiger partial charge in [0.05, 0.1) is 11.1 Å². The molecule has 2 N–H and O–H groups in total. The van der Waals surface area contributed by atoms with Gasteiger partial charge in [0.2, 0.25) is 0 Å². The van der Waals surface area contributed by atoms with Gasteiger partial charge in [-0.05, 0) is 24.9 Å². The Labute approximate surface area is 159 Å². The molecule has 1 aliphatic heterocycles. The molecule has 2 heterocycles. The summed E-state index contributed by atoms with van der Waals surface area (Å²) in [5.74, 6) is -1.15. The smallest absolute Gasteiger partial charge is 0.326 e. The van der Waals surface area contributed by atoms with Gasteiger partial charge in [-0.25, -0.2) is 4.79 Å². The molecule has 6 nitrogen and oxygen atoms in total. The zero-order chi connectivity index (χ0) is 19.6. The fourth-order valence-corrected chi connectivity index (χ4v) is 3.70. The van der Waals surface area contributed by atoms with Crippen molar-refractivity contribution in [3.8, 4) is 0 Å². The van der Waals surface area contributed by atoms with Crippen LogP contribution in [0.15, 0.2) is 24.3 Å². The molecule has 1 aliphatic rings. The summed E-state index contributed by atoms with van der Waals surface area (Å²) in [5.41, 5.74) is 3.22. The maximum atomic E-state index is 13.2. The van der Waals surface area contributed by atoms with Gasteiger partial charge in [0.25, 0.3) is 5.91 Å². The van der Waals surface area contributed by atoms with Crippen molar-refractivity contribution in [1.29, 1.82) is 0 Å². The SMILES string of the molecule is CCN1CCc2nc3ccccc3c(C(=O)NC(CC(C)C)C(=O)O)c2C1. The summed E-state index contributed by atoms with van der Waals surface area (Å²) in [6.07, 6.45) is 1.19. The minimum Gasteiger partial charge on any atom is -0.480 e. The zero-order valence-electron chi connectivity index (χ0n) is 16.2. The fraction of sp³-hybridized carbons (Fsp3) is 0.476. The topological polar surface area (TPSA) is 82.5 Å². The molecule has 27 heavy (non-hydrogen) atoms. The number of hydrogen-bond donors (Lipinski definition) is 2. The second-order valence-electron chi connectivity index (χ2n) is 7.54. The van der Waals surface area contributed by atoms with Crippen LogP contribution in [-0.4, -0.2) is 46.0 Å². The molecule has 0 fully saturated rings. The van der Waals surface area contributed by atoms with Crippen molar-refractivity contribution >= 4 is 22.8 Å². The number of amides is 1. The molecule has 1 atom stereocenters. The Morgan fingerprint density at radius 3 is 2.70 bits per heavy atom. The van der Waals surface area contributed by atoms with Gasteiger partial charge in [-0.3, -0.25) is 14.7 Å². The molecule has 1 unspecified atom stereocenters. The second-order valence-corrected chi connectivity index (χ2v) is 7.54. The van der Waals surface area contributed by atoms with Crippen molar-refractivity contribution in [2.75, 3.05) is 13.1 Å². The summed E-state index contributed by atoms with van der Waals surface area (Å²) in [6.45, 7) is 8.48. The van der Waals surface area contributed by atoms with Gasteiger partial charge in [0, 0.05) is 36.2 Å². The van der Waals surface area contributed by atoms with E-state index in [2.05, 4.69) is 17.1 Å². The minimum absolute atomic E-state index is 0.171. The number of fused-ring (bicyclic) bond motifs is 2. The molecule has 2 aromatic rings. The molecule has 0 aliphatic carbocycles. The van der Waals surface area contributed by atoms with Crippen molar-refractivity contribution in [2.24, 2.45) is 5.92 Å². The van der Waals surface area contributed by atoms with Crippen molar-refractivity contribution in [3.63, 3.8) is 0 Å². The molecule has 0 spiro atoms. The first-order chi connectivity index (χ1) is 12.9. The fourth-order valence-electron chi connectivity index (χ4n) is 3.70. The monoisotopic (exact) mass is 369 g/mol. The summed E-state index contributed by atoms with van der Waals surface area (Å²) in [5, 5.41) is 13.0. The summed E-state index contributed by atoms with van der Waals surface area (Å²) in [7, 11) is 0. The van der Waals surface area contributed by atoms with E-state index in [0.717, 1.165) is 41.7 Å². The van der Waals surface area contributed by atoms with E-state index in [0.29, 0.717) is 18.5 Å². The van der Waals surface area contributed by atoms with Crippen molar-refractivity contribution in [1.82, 2.24) is 15.2 Å². The van der Waals surface area contributed by atoms with Crippen LogP contribution >= 0.6 is 0 Å². The number of carboxylic acids is 1. The third-order valence-corrected chi connectivity index (χ3v) is 5.11. The third-order valence-electron chi connectivity index (χ3n) is 5.11. The molecule has 144 valence electrons. The van der Waals surface area contributed by atoms with Crippen LogP contribution < -0.4 is 5.32 Å². The Kier molecular flexibility index (Phi) is 5.75. The van der Waals surface area contributed by atoms with Gasteiger partial charge in [-0.2, -0.15) is 0 Å². The highest BCUT2D eigenvalue weighted by molar-refractivity contribution is 6.08. The van der Waals surface area contributed by atoms with Crippen LogP contribution in [0.4, 0.5) is 0 Å². The molecule has 1 amide bonds. The molecule has 1 aromatic carbocycles. The predicted octanol–water partition coefficient (Wildman–Crippen LogP) is 2.84. The van der Waals surface area contributed by atoms with E-state index in [1.165, 1.54) is 0 Å². The predicted molar refractivity (Wildman–Crippen MR) is 105 cm³/mol. The molecular weight excluding hydrogens is 342 g/mol. The first-order valence-electron chi connectivity index (χ1n) is 9.57. The minimum atomic E-state index is -1.00. The van der Waals surface area contributed by atoms with Gasteiger partial charge < -0.3 is 10.4 Å². The first-order valence-corrected chi connectivity index (χ1v) is 9.57. The Bertz CT molecular complexity index is 863. The highest BCUT2D eigenvalue weighted by Crippen LogP contribution is 2.28. The van der Waals surface area contributed by atoms with E-state index in [9.17, 15) is 14.7 Å². The lowest BCUT2D eigenvalue weighted by molar-refractivity contribution is -0.139. The number of pyridine rings is 1. The highest BCUT2D eigenvalue weighted by atomic mass is 16.4. The maximum absolute atomic E-state index is 13.2. The van der Waals surface area contributed by atoms with Crippen LogP contribution in [-0.2, 0) is 17.8 Å². The van der Waals surface area contributed by atoms with Gasteiger partial charge in [0.15, 0.2) is 0 Å². The molecule has 6 heteroatoms. The molecule has 0 radical (unpaired) electrons. The van der Waals surface area contributed by atoms with E-state index in [-0.39, 0.29) is 11.8 Å². The molecular formula is C21H27N3O3. The van der Waals surface area contributed by atoms with E-state index in [1.807, 2.05) is 38.1 Å². The standard InChI is InChI=1S/C21H27N3O3/c1-4-24-10-9-17-15(12-24)19(14-7-5-6-8-16(14)22-17)20(25)23-18(21(26)27)11-13(2)3/h5-8,13,18H,4,9-12H2,1-3H3,(H,23,25)(H,26,27). The van der Waals surface area contributed by atoms with E-state index >= 15 is 0 Å². The lowest BCUT2D eigenvalue weighted by Gasteiger charge is -2.29. The Balaban J connectivity index is 2.06. The van der Waals surface area contributed by atoms with Crippen LogP contribution in [0.2, 0.25) is 0 Å². The molecule has 3 rings (SSSR count). The third kappa shape index (κ3) is 4.11. The largest absolute Gasteiger partial charge is 0.480 e. The van der Waals surface area contributed by atoms with Gasteiger partial charge >= 0.3 is 5.97 Å². The number of likely N-dealkylation sites (N-methyl/N-ethyl adjacent to an activating group) is 1. The maximum Gasteiger partial charge on any atom is 0.326 e. The van der Waals surface area contributed by atoms with Gasteiger partial charge in [-0.1, -0.05) is 39.0 Å². The molecule has 0 saturated heterocycles.